The molecule has 0 atom stereocenters. The van der Waals surface area contributed by atoms with Crippen molar-refractivity contribution in [2.45, 2.75) is 33.2 Å². The molecule has 1 amide bonds. The lowest BCUT2D eigenvalue weighted by Crippen LogP contribution is -2.23. The van der Waals surface area contributed by atoms with E-state index in [1.807, 2.05) is 32.0 Å². The minimum atomic E-state index is -0.231. The molecule has 3 rings (SSSR count). The third kappa shape index (κ3) is 3.33. The van der Waals surface area contributed by atoms with Crippen LogP contribution in [0.25, 0.3) is 11.0 Å². The summed E-state index contributed by atoms with van der Waals surface area (Å²) in [5.41, 5.74) is 5.29. The molecule has 0 radical (unpaired) electrons. The van der Waals surface area contributed by atoms with E-state index in [-0.39, 0.29) is 11.6 Å². The Balaban J connectivity index is 1.55. The Kier molecular flexibility index (Phi) is 4.01. The van der Waals surface area contributed by atoms with Crippen LogP contribution < -0.4 is 11.0 Å². The zero-order chi connectivity index (χ0) is 16.4. The lowest BCUT2D eigenvalue weighted by atomic mass is 10.1. The highest BCUT2D eigenvalue weighted by Crippen LogP contribution is 2.11. The number of fused-ring (bicyclic) bond motifs is 1. The molecule has 0 saturated carbocycles. The fourth-order valence-corrected chi connectivity index (χ4v) is 2.49. The summed E-state index contributed by atoms with van der Waals surface area (Å²) in [5.74, 6) is -0.0206. The van der Waals surface area contributed by atoms with Crippen molar-refractivity contribution < 1.29 is 4.79 Å². The van der Waals surface area contributed by atoms with Crippen LogP contribution in [-0.2, 0) is 17.8 Å². The van der Waals surface area contributed by atoms with Crippen LogP contribution in [0.5, 0.6) is 0 Å². The first-order valence-corrected chi connectivity index (χ1v) is 7.51. The molecule has 23 heavy (non-hydrogen) atoms. The molecule has 7 nitrogen and oxygen atoms in total. The van der Waals surface area contributed by atoms with Crippen molar-refractivity contribution in [1.29, 1.82) is 0 Å². The first kappa shape index (κ1) is 15.1. The summed E-state index contributed by atoms with van der Waals surface area (Å²) in [6.07, 6.45) is 1.01. The number of rotatable bonds is 5. The highest BCUT2D eigenvalue weighted by Gasteiger charge is 2.09. The topological polar surface area (TPSA) is 106 Å². The summed E-state index contributed by atoms with van der Waals surface area (Å²) < 4.78 is 0. The van der Waals surface area contributed by atoms with Gasteiger partial charge in [-0.15, -0.1) is 0 Å². The van der Waals surface area contributed by atoms with E-state index in [1.165, 1.54) is 0 Å². The number of amides is 1. The minimum absolute atomic E-state index is 0.0206. The summed E-state index contributed by atoms with van der Waals surface area (Å²) in [4.78, 5) is 28.6. The number of aromatic nitrogens is 4. The molecule has 4 N–H and O–H groups in total. The Labute approximate surface area is 132 Å². The number of hydrogen-bond donors (Lipinski definition) is 4. The van der Waals surface area contributed by atoms with Gasteiger partial charge in [0.2, 0.25) is 5.91 Å². The van der Waals surface area contributed by atoms with Gasteiger partial charge in [0.25, 0.3) is 0 Å². The molecule has 2 heterocycles. The van der Waals surface area contributed by atoms with Gasteiger partial charge in [0.1, 0.15) is 0 Å². The van der Waals surface area contributed by atoms with E-state index in [0.29, 0.717) is 19.4 Å². The van der Waals surface area contributed by atoms with Crippen LogP contribution in [0.15, 0.2) is 23.0 Å². The molecule has 7 heteroatoms. The summed E-state index contributed by atoms with van der Waals surface area (Å²) in [7, 11) is 0. The quantitative estimate of drug-likeness (QED) is 0.572. The fraction of sp³-hybridized carbons (Fsp3) is 0.312. The Morgan fingerprint density at radius 3 is 2.74 bits per heavy atom. The van der Waals surface area contributed by atoms with Gasteiger partial charge in [-0.3, -0.25) is 9.89 Å². The van der Waals surface area contributed by atoms with Gasteiger partial charge in [0.05, 0.1) is 16.7 Å². The standard InChI is InChI=1S/C16H19N5O2/c1-9-10(2)20-21-12(9)5-6-15(22)17-8-11-3-4-13-14(7-11)19-16(23)18-13/h3-4,7H,5-6,8H2,1-2H3,(H,17,22)(H,20,21)(H2,18,19,23). The number of aryl methyl sites for hydroxylation is 2. The monoisotopic (exact) mass is 313 g/mol. The van der Waals surface area contributed by atoms with E-state index in [1.54, 1.807) is 0 Å². The number of carbonyl (C=O) groups is 1. The number of hydrogen-bond acceptors (Lipinski definition) is 3. The number of H-pyrrole nitrogens is 3. The van der Waals surface area contributed by atoms with Gasteiger partial charge in [-0.1, -0.05) is 6.07 Å². The van der Waals surface area contributed by atoms with E-state index in [0.717, 1.165) is 33.5 Å². The number of nitrogens with one attached hydrogen (secondary N) is 4. The largest absolute Gasteiger partial charge is 0.352 e. The predicted molar refractivity (Wildman–Crippen MR) is 87.1 cm³/mol. The van der Waals surface area contributed by atoms with Crippen LogP contribution in [-0.4, -0.2) is 26.1 Å². The number of imidazole rings is 1. The Morgan fingerprint density at radius 2 is 2.00 bits per heavy atom. The van der Waals surface area contributed by atoms with Crippen LogP contribution in [0.3, 0.4) is 0 Å². The zero-order valence-electron chi connectivity index (χ0n) is 13.1. The molecule has 120 valence electrons. The average Bonchev–Trinajstić information content (AvgIpc) is 3.05. The van der Waals surface area contributed by atoms with Crippen molar-refractivity contribution in [3.05, 3.63) is 51.2 Å². The smallest absolute Gasteiger partial charge is 0.323 e. The van der Waals surface area contributed by atoms with Crippen molar-refractivity contribution in [3.63, 3.8) is 0 Å². The molecule has 0 aliphatic carbocycles. The molecule has 0 saturated heterocycles. The second kappa shape index (κ2) is 6.12. The van der Waals surface area contributed by atoms with Crippen molar-refractivity contribution in [2.75, 3.05) is 0 Å². The molecule has 0 fully saturated rings. The molecule has 1 aromatic carbocycles. The summed E-state index contributed by atoms with van der Waals surface area (Å²) >= 11 is 0. The maximum absolute atomic E-state index is 12.0. The SMILES string of the molecule is Cc1[nH]nc(CCC(=O)NCc2ccc3[nH]c(=O)[nH]c3c2)c1C. The summed E-state index contributed by atoms with van der Waals surface area (Å²) in [6, 6.07) is 5.56. The van der Waals surface area contributed by atoms with E-state index in [9.17, 15) is 9.59 Å². The van der Waals surface area contributed by atoms with Gasteiger partial charge >= 0.3 is 5.69 Å². The third-order valence-corrected chi connectivity index (χ3v) is 4.01. The van der Waals surface area contributed by atoms with E-state index in [2.05, 4.69) is 25.5 Å². The molecule has 0 aliphatic rings. The average molecular weight is 313 g/mol. The summed E-state index contributed by atoms with van der Waals surface area (Å²) in [6.45, 7) is 4.40. The molecular weight excluding hydrogens is 294 g/mol. The first-order valence-electron chi connectivity index (χ1n) is 7.51. The maximum Gasteiger partial charge on any atom is 0.323 e. The lowest BCUT2D eigenvalue weighted by molar-refractivity contribution is -0.121. The summed E-state index contributed by atoms with van der Waals surface area (Å²) in [5, 5.41) is 10.0. The van der Waals surface area contributed by atoms with Gasteiger partial charge < -0.3 is 15.3 Å². The second-order valence-electron chi connectivity index (χ2n) is 5.66. The van der Waals surface area contributed by atoms with E-state index < -0.39 is 0 Å². The zero-order valence-corrected chi connectivity index (χ0v) is 13.1. The molecule has 0 bridgehead atoms. The van der Waals surface area contributed by atoms with Gasteiger partial charge in [0.15, 0.2) is 0 Å². The highest BCUT2D eigenvalue weighted by atomic mass is 16.1. The molecule has 0 unspecified atom stereocenters. The fourth-order valence-electron chi connectivity index (χ4n) is 2.49. The van der Waals surface area contributed by atoms with Crippen LogP contribution in [0.1, 0.15) is 28.9 Å². The maximum atomic E-state index is 12.0. The normalized spacial score (nSPS) is 11.0. The van der Waals surface area contributed by atoms with Gasteiger partial charge in [0, 0.05) is 25.1 Å². The van der Waals surface area contributed by atoms with E-state index >= 15 is 0 Å². The minimum Gasteiger partial charge on any atom is -0.352 e. The molecule has 0 aliphatic heterocycles. The Morgan fingerprint density at radius 1 is 1.22 bits per heavy atom. The van der Waals surface area contributed by atoms with Crippen LogP contribution in [0, 0.1) is 13.8 Å². The van der Waals surface area contributed by atoms with Gasteiger partial charge in [-0.05, 0) is 37.1 Å². The van der Waals surface area contributed by atoms with Crippen molar-refractivity contribution >= 4 is 16.9 Å². The van der Waals surface area contributed by atoms with Crippen LogP contribution in [0.2, 0.25) is 0 Å². The van der Waals surface area contributed by atoms with Gasteiger partial charge in [-0.25, -0.2) is 4.79 Å². The Bertz CT molecular complexity index is 903. The van der Waals surface area contributed by atoms with Gasteiger partial charge in [-0.2, -0.15) is 5.10 Å². The third-order valence-electron chi connectivity index (χ3n) is 4.01. The van der Waals surface area contributed by atoms with Crippen molar-refractivity contribution in [3.8, 4) is 0 Å². The first-order chi connectivity index (χ1) is 11.0. The van der Waals surface area contributed by atoms with Crippen LogP contribution >= 0.6 is 0 Å². The Hall–Kier alpha value is -2.83. The number of aromatic amines is 3. The highest BCUT2D eigenvalue weighted by molar-refractivity contribution is 5.77. The van der Waals surface area contributed by atoms with E-state index in [4.69, 9.17) is 0 Å². The lowest BCUT2D eigenvalue weighted by Gasteiger charge is -2.05. The number of benzene rings is 1. The molecule has 0 spiro atoms. The number of carbonyl (C=O) groups excluding carboxylic acids is 1. The molecule has 2 aromatic heterocycles. The van der Waals surface area contributed by atoms with Crippen molar-refractivity contribution in [1.82, 2.24) is 25.5 Å². The van der Waals surface area contributed by atoms with Crippen molar-refractivity contribution in [2.24, 2.45) is 0 Å². The van der Waals surface area contributed by atoms with Crippen LogP contribution in [0.4, 0.5) is 0 Å². The molecular formula is C16H19N5O2. The predicted octanol–water partition coefficient (Wildman–Crippen LogP) is 1.45. The molecule has 3 aromatic rings. The second-order valence-corrected chi connectivity index (χ2v) is 5.66. The number of nitrogens with zero attached hydrogens (tertiary/aromatic N) is 1.